The molecule has 1 aliphatic rings. The molecule has 0 unspecified atom stereocenters. The molecule has 22 heavy (non-hydrogen) atoms. The van der Waals surface area contributed by atoms with E-state index in [4.69, 9.17) is 16.3 Å². The number of likely N-dealkylation sites (tertiary alicyclic amines) is 1. The van der Waals surface area contributed by atoms with Gasteiger partial charge >= 0.3 is 6.01 Å². The van der Waals surface area contributed by atoms with Gasteiger partial charge in [0.05, 0.1) is 35.2 Å². The van der Waals surface area contributed by atoms with Crippen molar-refractivity contribution in [3.8, 4) is 6.01 Å². The molecular weight excluding hydrogens is 324 g/mol. The van der Waals surface area contributed by atoms with Crippen LogP contribution < -0.4 is 4.74 Å². The topological polar surface area (TPSA) is 68.2 Å². The number of amides is 1. The highest BCUT2D eigenvalue weighted by Gasteiger charge is 2.27. The average molecular weight is 339 g/mol. The summed E-state index contributed by atoms with van der Waals surface area (Å²) in [5.41, 5.74) is 2.47. The van der Waals surface area contributed by atoms with Gasteiger partial charge in [-0.05, 0) is 19.8 Å². The normalized spacial score (nSPS) is 18.3. The van der Waals surface area contributed by atoms with Crippen LogP contribution in [0.5, 0.6) is 6.01 Å². The first kappa shape index (κ1) is 15.2. The fourth-order valence-electron chi connectivity index (χ4n) is 2.38. The molecule has 8 heteroatoms. The number of halogens is 1. The summed E-state index contributed by atoms with van der Waals surface area (Å²) in [5.74, 6) is 0.0188. The second-order valence-electron chi connectivity index (χ2n) is 5.08. The van der Waals surface area contributed by atoms with Crippen LogP contribution in [0.3, 0.4) is 0 Å². The number of hydrogen-bond donors (Lipinski definition) is 0. The fourth-order valence-corrected chi connectivity index (χ4v) is 3.25. The van der Waals surface area contributed by atoms with E-state index in [-0.39, 0.29) is 18.0 Å². The van der Waals surface area contributed by atoms with E-state index in [1.807, 2.05) is 11.8 Å². The molecule has 6 nitrogen and oxygen atoms in total. The number of piperidine rings is 1. The molecule has 0 aromatic carbocycles. The zero-order valence-corrected chi connectivity index (χ0v) is 13.6. The minimum atomic E-state index is -0.105. The van der Waals surface area contributed by atoms with Crippen LogP contribution in [-0.4, -0.2) is 45.0 Å². The van der Waals surface area contributed by atoms with Crippen LogP contribution in [0.1, 0.15) is 28.2 Å². The van der Waals surface area contributed by atoms with Gasteiger partial charge in [-0.1, -0.05) is 11.6 Å². The van der Waals surface area contributed by atoms with Crippen LogP contribution in [0.25, 0.3) is 0 Å². The predicted molar refractivity (Wildman–Crippen MR) is 83.4 cm³/mol. The molecule has 1 aliphatic heterocycles. The molecule has 0 bridgehead atoms. The van der Waals surface area contributed by atoms with Crippen LogP contribution in [0.4, 0.5) is 0 Å². The lowest BCUT2D eigenvalue weighted by atomic mass is 10.1. The number of aromatic nitrogens is 3. The predicted octanol–water partition coefficient (Wildman–Crippen LogP) is 2.58. The Morgan fingerprint density at radius 1 is 1.41 bits per heavy atom. The first-order valence-corrected chi connectivity index (χ1v) is 8.23. The largest absolute Gasteiger partial charge is 0.458 e. The maximum absolute atomic E-state index is 12.5. The van der Waals surface area contributed by atoms with Crippen molar-refractivity contribution in [2.45, 2.75) is 25.9 Å². The number of aryl methyl sites for hydroxylation is 1. The first-order valence-electron chi connectivity index (χ1n) is 6.97. The summed E-state index contributed by atoms with van der Waals surface area (Å²) in [6.07, 6.45) is 4.65. The van der Waals surface area contributed by atoms with E-state index in [1.54, 1.807) is 5.51 Å². The molecule has 0 N–H and O–H groups in total. The summed E-state index contributed by atoms with van der Waals surface area (Å²) < 4.78 is 5.75. The number of nitrogens with zero attached hydrogens (tertiary/aromatic N) is 4. The van der Waals surface area contributed by atoms with Crippen molar-refractivity contribution >= 4 is 28.8 Å². The first-order chi connectivity index (χ1) is 10.6. The van der Waals surface area contributed by atoms with E-state index in [1.165, 1.54) is 23.7 Å². The van der Waals surface area contributed by atoms with Crippen molar-refractivity contribution in [3.63, 3.8) is 0 Å². The van der Waals surface area contributed by atoms with Gasteiger partial charge < -0.3 is 9.64 Å². The minimum Gasteiger partial charge on any atom is -0.458 e. The molecule has 116 valence electrons. The van der Waals surface area contributed by atoms with Crippen LogP contribution in [-0.2, 0) is 0 Å². The second kappa shape index (κ2) is 6.58. The minimum absolute atomic E-state index is 0.0188. The Morgan fingerprint density at radius 2 is 2.18 bits per heavy atom. The lowest BCUT2D eigenvalue weighted by Crippen LogP contribution is -2.44. The average Bonchev–Trinajstić information content (AvgIpc) is 2.95. The highest BCUT2D eigenvalue weighted by molar-refractivity contribution is 7.11. The second-order valence-corrected chi connectivity index (χ2v) is 6.38. The lowest BCUT2D eigenvalue weighted by molar-refractivity contribution is 0.0519. The lowest BCUT2D eigenvalue weighted by Gasteiger charge is -2.32. The van der Waals surface area contributed by atoms with Crippen LogP contribution >= 0.6 is 22.9 Å². The highest BCUT2D eigenvalue weighted by Crippen LogP contribution is 2.21. The maximum atomic E-state index is 12.5. The molecule has 2 aromatic rings. The molecule has 1 amide bonds. The molecule has 0 radical (unpaired) electrons. The Hall–Kier alpha value is -1.73. The Bertz CT molecular complexity index is 661. The molecule has 1 atom stereocenters. The molecule has 1 saturated heterocycles. The van der Waals surface area contributed by atoms with Gasteiger partial charge in [0.25, 0.3) is 5.91 Å². The van der Waals surface area contributed by atoms with Gasteiger partial charge in [0.1, 0.15) is 11.0 Å². The number of thiazole rings is 1. The van der Waals surface area contributed by atoms with Crippen molar-refractivity contribution in [2.75, 3.05) is 13.1 Å². The van der Waals surface area contributed by atoms with Gasteiger partial charge in [-0.15, -0.1) is 11.3 Å². The van der Waals surface area contributed by atoms with E-state index >= 15 is 0 Å². The summed E-state index contributed by atoms with van der Waals surface area (Å²) in [6.45, 7) is 3.11. The third kappa shape index (κ3) is 3.36. The van der Waals surface area contributed by atoms with Crippen molar-refractivity contribution < 1.29 is 9.53 Å². The van der Waals surface area contributed by atoms with Gasteiger partial charge in [0.2, 0.25) is 0 Å². The van der Waals surface area contributed by atoms with E-state index in [0.29, 0.717) is 16.4 Å². The highest BCUT2D eigenvalue weighted by atomic mass is 35.5. The molecular formula is C14H15ClN4O2S. The van der Waals surface area contributed by atoms with Gasteiger partial charge in [0, 0.05) is 6.54 Å². The number of rotatable bonds is 3. The summed E-state index contributed by atoms with van der Waals surface area (Å²) in [4.78, 5) is 27.2. The molecule has 0 spiro atoms. The third-order valence-corrected chi connectivity index (χ3v) is 4.59. The third-order valence-electron chi connectivity index (χ3n) is 3.47. The Kier molecular flexibility index (Phi) is 4.54. The smallest absolute Gasteiger partial charge is 0.316 e. The zero-order chi connectivity index (χ0) is 15.5. The molecule has 3 heterocycles. The summed E-state index contributed by atoms with van der Waals surface area (Å²) in [5, 5.41) is 0.466. The summed E-state index contributed by atoms with van der Waals surface area (Å²) in [6, 6.07) is 0.290. The SMILES string of the molecule is Cc1ncsc1C(=O)N1CCC[C@@H](Oc2ncc(Cl)cn2)C1. The molecule has 0 saturated carbocycles. The van der Waals surface area contributed by atoms with Gasteiger partial charge in [-0.25, -0.2) is 15.0 Å². The number of carbonyl (C=O) groups is 1. The Balaban J connectivity index is 1.65. The molecule has 0 aliphatic carbocycles. The van der Waals surface area contributed by atoms with E-state index in [0.717, 1.165) is 25.1 Å². The molecule has 2 aromatic heterocycles. The number of carbonyl (C=O) groups excluding carboxylic acids is 1. The standard InChI is InChI=1S/C14H15ClN4O2S/c1-9-12(22-8-18-9)13(20)19-4-2-3-11(7-19)21-14-16-5-10(15)6-17-14/h5-6,8,11H,2-4,7H2,1H3/t11-/m1/s1. The summed E-state index contributed by atoms with van der Waals surface area (Å²) >= 11 is 7.13. The van der Waals surface area contributed by atoms with Gasteiger partial charge in [-0.2, -0.15) is 0 Å². The van der Waals surface area contributed by atoms with Crippen molar-refractivity contribution in [3.05, 3.63) is 33.5 Å². The zero-order valence-electron chi connectivity index (χ0n) is 12.0. The molecule has 3 rings (SSSR count). The fraction of sp³-hybridized carbons (Fsp3) is 0.429. The summed E-state index contributed by atoms with van der Waals surface area (Å²) in [7, 11) is 0. The Morgan fingerprint density at radius 3 is 2.86 bits per heavy atom. The van der Waals surface area contributed by atoms with Crippen molar-refractivity contribution in [1.29, 1.82) is 0 Å². The van der Waals surface area contributed by atoms with Gasteiger partial charge in [-0.3, -0.25) is 4.79 Å². The van der Waals surface area contributed by atoms with E-state index in [9.17, 15) is 4.79 Å². The Labute approximate surface area is 137 Å². The molecule has 1 fully saturated rings. The number of hydrogen-bond acceptors (Lipinski definition) is 6. The maximum Gasteiger partial charge on any atom is 0.316 e. The monoisotopic (exact) mass is 338 g/mol. The van der Waals surface area contributed by atoms with Crippen LogP contribution in [0.2, 0.25) is 5.02 Å². The van der Waals surface area contributed by atoms with Crippen LogP contribution in [0, 0.1) is 6.92 Å². The van der Waals surface area contributed by atoms with E-state index in [2.05, 4.69) is 15.0 Å². The van der Waals surface area contributed by atoms with Crippen molar-refractivity contribution in [2.24, 2.45) is 0 Å². The van der Waals surface area contributed by atoms with E-state index < -0.39 is 0 Å². The number of ether oxygens (including phenoxy) is 1. The van der Waals surface area contributed by atoms with Crippen LogP contribution in [0.15, 0.2) is 17.9 Å². The quantitative estimate of drug-likeness (QED) is 0.860. The van der Waals surface area contributed by atoms with Gasteiger partial charge in [0.15, 0.2) is 0 Å². The van der Waals surface area contributed by atoms with Crippen molar-refractivity contribution in [1.82, 2.24) is 19.9 Å².